The number of ether oxygens (including phenoxy) is 1. The summed E-state index contributed by atoms with van der Waals surface area (Å²) in [7, 11) is 0. The van der Waals surface area contributed by atoms with E-state index in [9.17, 15) is 0 Å². The van der Waals surface area contributed by atoms with E-state index in [-0.39, 0.29) is 24.0 Å². The number of benzene rings is 1. The molecule has 4 nitrogen and oxygen atoms in total. The summed E-state index contributed by atoms with van der Waals surface area (Å²) in [4.78, 5) is 4.78. The van der Waals surface area contributed by atoms with Crippen LogP contribution in [0.25, 0.3) is 0 Å². The average Bonchev–Trinajstić information content (AvgIpc) is 3.16. The molecular weight excluding hydrogens is 401 g/mol. The fraction of sp³-hybridized carbons (Fsp3) is 0.611. The smallest absolute Gasteiger partial charge is 0.191 e. The zero-order valence-electron chi connectivity index (χ0n) is 14.0. The van der Waals surface area contributed by atoms with E-state index in [1.54, 1.807) is 0 Å². The molecule has 2 N–H and O–H groups in total. The maximum Gasteiger partial charge on any atom is 0.191 e. The number of nitrogens with one attached hydrogen (secondary N) is 2. The highest BCUT2D eigenvalue weighted by molar-refractivity contribution is 14.0. The van der Waals surface area contributed by atoms with Gasteiger partial charge in [0.25, 0.3) is 0 Å². The van der Waals surface area contributed by atoms with Gasteiger partial charge in [-0.2, -0.15) is 0 Å². The Hall–Kier alpha value is -0.820. The summed E-state index contributed by atoms with van der Waals surface area (Å²) >= 11 is 0. The van der Waals surface area contributed by atoms with E-state index in [1.165, 1.54) is 24.0 Å². The fourth-order valence-electron chi connectivity index (χ4n) is 3.51. The van der Waals surface area contributed by atoms with Gasteiger partial charge < -0.3 is 15.4 Å². The monoisotopic (exact) mass is 429 g/mol. The highest BCUT2D eigenvalue weighted by atomic mass is 127. The van der Waals surface area contributed by atoms with Gasteiger partial charge in [0, 0.05) is 6.54 Å². The minimum atomic E-state index is 0. The zero-order valence-corrected chi connectivity index (χ0v) is 16.4. The van der Waals surface area contributed by atoms with E-state index in [0.29, 0.717) is 18.2 Å². The number of hydrogen-bond donors (Lipinski definition) is 2. The lowest BCUT2D eigenvalue weighted by atomic mass is 9.96. The van der Waals surface area contributed by atoms with Crippen molar-refractivity contribution < 1.29 is 4.74 Å². The molecule has 5 heteroatoms. The van der Waals surface area contributed by atoms with E-state index in [0.717, 1.165) is 31.9 Å². The number of guanidine groups is 1. The molecule has 3 atom stereocenters. The predicted octanol–water partition coefficient (Wildman–Crippen LogP) is 3.24. The maximum atomic E-state index is 5.92. The number of aliphatic imine (C=N–C) groups is 1. The van der Waals surface area contributed by atoms with Crippen LogP contribution >= 0.6 is 24.0 Å². The Morgan fingerprint density at radius 3 is 2.61 bits per heavy atom. The van der Waals surface area contributed by atoms with Crippen LogP contribution < -0.4 is 10.6 Å². The van der Waals surface area contributed by atoms with E-state index in [1.807, 2.05) is 0 Å². The highest BCUT2D eigenvalue weighted by Crippen LogP contribution is 2.34. The van der Waals surface area contributed by atoms with E-state index < -0.39 is 0 Å². The molecule has 128 valence electrons. The Kier molecular flexibility index (Phi) is 7.14. The molecule has 0 aromatic heterocycles. The number of nitrogens with zero attached hydrogens (tertiary/aromatic N) is 1. The predicted molar refractivity (Wildman–Crippen MR) is 105 cm³/mol. The van der Waals surface area contributed by atoms with Crippen LogP contribution in [0.5, 0.6) is 0 Å². The summed E-state index contributed by atoms with van der Waals surface area (Å²) < 4.78 is 5.92. The van der Waals surface area contributed by atoms with Gasteiger partial charge in [-0.25, -0.2) is 4.99 Å². The Bertz CT molecular complexity index is 535. The quantitative estimate of drug-likeness (QED) is 0.429. The van der Waals surface area contributed by atoms with Crippen molar-refractivity contribution in [3.05, 3.63) is 35.4 Å². The molecular formula is C18H28IN3O. The Labute approximate surface area is 156 Å². The van der Waals surface area contributed by atoms with Gasteiger partial charge in [0.15, 0.2) is 5.96 Å². The first-order chi connectivity index (χ1) is 10.8. The normalized spacial score (nSPS) is 26.0. The second kappa shape index (κ2) is 8.87. The van der Waals surface area contributed by atoms with Crippen LogP contribution in [-0.2, 0) is 17.7 Å². The molecule has 2 aliphatic rings. The molecule has 0 radical (unpaired) electrons. The van der Waals surface area contributed by atoms with Gasteiger partial charge in [-0.05, 0) is 43.7 Å². The fourth-order valence-corrected chi connectivity index (χ4v) is 3.51. The SMILES string of the molecule is CCNC(=NCc1ccccc1CC)NC1CC2CCC1O2.I. The first kappa shape index (κ1) is 18.5. The van der Waals surface area contributed by atoms with Crippen molar-refractivity contribution in [2.24, 2.45) is 4.99 Å². The number of aryl methyl sites for hydroxylation is 1. The summed E-state index contributed by atoms with van der Waals surface area (Å²) in [6.07, 6.45) is 5.40. The number of hydrogen-bond acceptors (Lipinski definition) is 2. The molecule has 2 bridgehead atoms. The standard InChI is InChI=1S/C18H27N3O.HI/c1-3-13-7-5-6-8-14(13)12-20-18(19-4-2)21-16-11-15-9-10-17(16)22-15;/h5-8,15-17H,3-4,9-12H2,1-2H3,(H2,19,20,21);1H. The number of rotatable bonds is 5. The summed E-state index contributed by atoms with van der Waals surface area (Å²) in [5.41, 5.74) is 2.69. The first-order valence-electron chi connectivity index (χ1n) is 8.57. The summed E-state index contributed by atoms with van der Waals surface area (Å²) in [6.45, 7) is 5.90. The van der Waals surface area contributed by atoms with E-state index in [2.05, 4.69) is 48.7 Å². The molecule has 0 saturated carbocycles. The minimum absolute atomic E-state index is 0. The first-order valence-corrected chi connectivity index (χ1v) is 8.57. The Morgan fingerprint density at radius 1 is 1.22 bits per heavy atom. The molecule has 1 aromatic carbocycles. The Morgan fingerprint density at radius 2 is 2.00 bits per heavy atom. The average molecular weight is 429 g/mol. The van der Waals surface area contributed by atoms with Crippen LogP contribution in [0.15, 0.2) is 29.3 Å². The van der Waals surface area contributed by atoms with Crippen molar-refractivity contribution in [2.45, 2.75) is 64.3 Å². The lowest BCUT2D eigenvalue weighted by Gasteiger charge is -2.22. The third kappa shape index (κ3) is 4.59. The largest absolute Gasteiger partial charge is 0.373 e. The van der Waals surface area contributed by atoms with Crippen molar-refractivity contribution in [1.82, 2.24) is 10.6 Å². The van der Waals surface area contributed by atoms with Crippen LogP contribution in [0, 0.1) is 0 Å². The molecule has 2 heterocycles. The zero-order chi connectivity index (χ0) is 15.4. The van der Waals surface area contributed by atoms with Gasteiger partial charge in [-0.15, -0.1) is 24.0 Å². The van der Waals surface area contributed by atoms with E-state index >= 15 is 0 Å². The molecule has 0 spiro atoms. The number of halogens is 1. The third-order valence-corrected chi connectivity index (χ3v) is 4.68. The molecule has 23 heavy (non-hydrogen) atoms. The molecule has 0 aliphatic carbocycles. The molecule has 1 aromatic rings. The molecule has 0 amide bonds. The van der Waals surface area contributed by atoms with Crippen molar-refractivity contribution in [3.63, 3.8) is 0 Å². The van der Waals surface area contributed by atoms with Crippen LogP contribution in [0.1, 0.15) is 44.2 Å². The summed E-state index contributed by atoms with van der Waals surface area (Å²) in [5.74, 6) is 0.912. The van der Waals surface area contributed by atoms with Gasteiger partial charge in [0.1, 0.15) is 0 Å². The summed E-state index contributed by atoms with van der Waals surface area (Å²) in [5, 5.41) is 6.93. The third-order valence-electron chi connectivity index (χ3n) is 4.68. The van der Waals surface area contributed by atoms with Crippen LogP contribution in [-0.4, -0.2) is 30.8 Å². The maximum absolute atomic E-state index is 5.92. The number of fused-ring (bicyclic) bond motifs is 2. The van der Waals surface area contributed by atoms with Gasteiger partial charge in [-0.3, -0.25) is 0 Å². The van der Waals surface area contributed by atoms with Gasteiger partial charge >= 0.3 is 0 Å². The van der Waals surface area contributed by atoms with Crippen molar-refractivity contribution in [2.75, 3.05) is 6.54 Å². The second-order valence-corrected chi connectivity index (χ2v) is 6.18. The summed E-state index contributed by atoms with van der Waals surface area (Å²) in [6, 6.07) is 8.97. The lowest BCUT2D eigenvalue weighted by molar-refractivity contribution is 0.0992. The topological polar surface area (TPSA) is 45.7 Å². The van der Waals surface area contributed by atoms with Gasteiger partial charge in [0.05, 0.1) is 24.8 Å². The molecule has 3 rings (SSSR count). The lowest BCUT2D eigenvalue weighted by Crippen LogP contribution is -2.47. The van der Waals surface area contributed by atoms with Gasteiger partial charge in [-0.1, -0.05) is 31.2 Å². The molecule has 2 aliphatic heterocycles. The van der Waals surface area contributed by atoms with Gasteiger partial charge in [0.2, 0.25) is 0 Å². The minimum Gasteiger partial charge on any atom is -0.373 e. The second-order valence-electron chi connectivity index (χ2n) is 6.18. The molecule has 2 saturated heterocycles. The molecule has 3 unspecified atom stereocenters. The van der Waals surface area contributed by atoms with Crippen molar-refractivity contribution >= 4 is 29.9 Å². The Balaban J connectivity index is 0.00000192. The van der Waals surface area contributed by atoms with Crippen LogP contribution in [0.2, 0.25) is 0 Å². The van der Waals surface area contributed by atoms with Crippen LogP contribution in [0.3, 0.4) is 0 Å². The van der Waals surface area contributed by atoms with Crippen molar-refractivity contribution in [1.29, 1.82) is 0 Å². The molecule has 2 fully saturated rings. The van der Waals surface area contributed by atoms with Crippen molar-refractivity contribution in [3.8, 4) is 0 Å². The highest BCUT2D eigenvalue weighted by Gasteiger charge is 2.41. The van der Waals surface area contributed by atoms with Crippen LogP contribution in [0.4, 0.5) is 0 Å². The van der Waals surface area contributed by atoms with E-state index in [4.69, 9.17) is 9.73 Å².